The Balaban J connectivity index is 2.21. The van der Waals surface area contributed by atoms with E-state index in [2.05, 4.69) is 31.3 Å². The lowest BCUT2D eigenvalue weighted by molar-refractivity contribution is 0.423. The normalized spacial score (nSPS) is 29.0. The topological polar surface area (TPSA) is 12.0 Å². The molecule has 0 fully saturated rings. The van der Waals surface area contributed by atoms with Crippen molar-refractivity contribution in [1.29, 1.82) is 0 Å². The van der Waals surface area contributed by atoms with Crippen LogP contribution in [-0.2, 0) is 12.8 Å². The van der Waals surface area contributed by atoms with E-state index in [0.29, 0.717) is 12.1 Å². The minimum absolute atomic E-state index is 0.652. The maximum atomic E-state index is 3.70. The fraction of sp³-hybridized carbons (Fsp3) is 0.538. The van der Waals surface area contributed by atoms with Crippen LogP contribution in [0.25, 0.3) is 0 Å². The van der Waals surface area contributed by atoms with Crippen LogP contribution in [0.15, 0.2) is 12.1 Å². The molecule has 14 heavy (non-hydrogen) atoms. The Morgan fingerprint density at radius 3 is 3.07 bits per heavy atom. The highest BCUT2D eigenvalue weighted by Gasteiger charge is 2.31. The van der Waals surface area contributed by atoms with Crippen LogP contribution in [0.5, 0.6) is 0 Å². The molecule has 1 nitrogen and oxygen atoms in total. The van der Waals surface area contributed by atoms with E-state index in [1.54, 1.807) is 16.7 Å². The van der Waals surface area contributed by atoms with Gasteiger partial charge in [0.25, 0.3) is 0 Å². The zero-order valence-electron chi connectivity index (χ0n) is 8.93. The molecule has 74 valence electrons. The standard InChI is InChI=1S/C13H17N/c1-8-3-4-10-5-6-12-13(10)11(8)7-9(2)14-12/h3-4,9,12,14H,5-7H2,1-2H3. The zero-order valence-corrected chi connectivity index (χ0v) is 8.93. The van der Waals surface area contributed by atoms with Crippen molar-refractivity contribution in [1.82, 2.24) is 5.32 Å². The lowest BCUT2D eigenvalue weighted by Gasteiger charge is -2.30. The van der Waals surface area contributed by atoms with Gasteiger partial charge in [-0.3, -0.25) is 0 Å². The summed E-state index contributed by atoms with van der Waals surface area (Å²) in [6.45, 7) is 4.55. The van der Waals surface area contributed by atoms with Gasteiger partial charge in [0.2, 0.25) is 0 Å². The first-order valence-corrected chi connectivity index (χ1v) is 5.63. The Labute approximate surface area is 85.5 Å². The second-order valence-corrected chi connectivity index (χ2v) is 4.80. The third kappa shape index (κ3) is 1.05. The summed E-state index contributed by atoms with van der Waals surface area (Å²) in [7, 11) is 0. The predicted molar refractivity (Wildman–Crippen MR) is 58.5 cm³/mol. The van der Waals surface area contributed by atoms with E-state index in [4.69, 9.17) is 0 Å². The van der Waals surface area contributed by atoms with Crippen molar-refractivity contribution in [3.8, 4) is 0 Å². The Bertz CT molecular complexity index is 381. The quantitative estimate of drug-likeness (QED) is 0.658. The van der Waals surface area contributed by atoms with Crippen molar-refractivity contribution in [3.63, 3.8) is 0 Å². The van der Waals surface area contributed by atoms with Crippen molar-refractivity contribution < 1.29 is 0 Å². The van der Waals surface area contributed by atoms with Crippen LogP contribution in [0.2, 0.25) is 0 Å². The van der Waals surface area contributed by atoms with Gasteiger partial charge in [-0.15, -0.1) is 0 Å². The maximum Gasteiger partial charge on any atom is 0.0331 e. The van der Waals surface area contributed by atoms with E-state index in [0.717, 1.165) is 0 Å². The van der Waals surface area contributed by atoms with E-state index in [9.17, 15) is 0 Å². The van der Waals surface area contributed by atoms with E-state index in [1.165, 1.54) is 24.8 Å². The number of nitrogens with one attached hydrogen (secondary N) is 1. The molecule has 3 rings (SSSR count). The average Bonchev–Trinajstić information content (AvgIpc) is 2.55. The van der Waals surface area contributed by atoms with Gasteiger partial charge in [-0.25, -0.2) is 0 Å². The van der Waals surface area contributed by atoms with Gasteiger partial charge in [-0.1, -0.05) is 12.1 Å². The molecule has 2 atom stereocenters. The Kier molecular flexibility index (Phi) is 1.72. The third-order valence-electron chi connectivity index (χ3n) is 3.73. The van der Waals surface area contributed by atoms with Crippen molar-refractivity contribution in [2.24, 2.45) is 0 Å². The molecule has 1 heteroatoms. The Hall–Kier alpha value is -0.820. The van der Waals surface area contributed by atoms with E-state index >= 15 is 0 Å². The molecule has 1 aliphatic heterocycles. The SMILES string of the molecule is Cc1ccc2c3c1CC(C)NC3CC2. The second-order valence-electron chi connectivity index (χ2n) is 4.80. The van der Waals surface area contributed by atoms with Crippen LogP contribution in [-0.4, -0.2) is 6.04 Å². The van der Waals surface area contributed by atoms with Gasteiger partial charge in [0.15, 0.2) is 0 Å². The molecule has 0 saturated carbocycles. The molecular weight excluding hydrogens is 170 g/mol. The second kappa shape index (κ2) is 2.83. The summed E-state index contributed by atoms with van der Waals surface area (Å²) in [5.74, 6) is 0. The molecule has 0 amide bonds. The van der Waals surface area contributed by atoms with Crippen molar-refractivity contribution in [3.05, 3.63) is 34.4 Å². The Morgan fingerprint density at radius 1 is 1.36 bits per heavy atom. The summed E-state index contributed by atoms with van der Waals surface area (Å²) < 4.78 is 0. The summed E-state index contributed by atoms with van der Waals surface area (Å²) >= 11 is 0. The largest absolute Gasteiger partial charge is 0.307 e. The molecule has 2 aliphatic rings. The van der Waals surface area contributed by atoms with Crippen molar-refractivity contribution >= 4 is 0 Å². The minimum Gasteiger partial charge on any atom is -0.307 e. The Morgan fingerprint density at radius 2 is 2.21 bits per heavy atom. The molecule has 1 aliphatic carbocycles. The molecule has 1 N–H and O–H groups in total. The van der Waals surface area contributed by atoms with Gasteiger partial charge >= 0.3 is 0 Å². The van der Waals surface area contributed by atoms with Gasteiger partial charge in [0.05, 0.1) is 0 Å². The summed E-state index contributed by atoms with van der Waals surface area (Å²) in [5.41, 5.74) is 6.36. The highest BCUT2D eigenvalue weighted by molar-refractivity contribution is 5.47. The summed E-state index contributed by atoms with van der Waals surface area (Å²) in [4.78, 5) is 0. The maximum absolute atomic E-state index is 3.70. The van der Waals surface area contributed by atoms with Gasteiger partial charge in [-0.2, -0.15) is 0 Å². The van der Waals surface area contributed by atoms with Gasteiger partial charge < -0.3 is 5.32 Å². The lowest BCUT2D eigenvalue weighted by atomic mass is 9.88. The minimum atomic E-state index is 0.652. The molecule has 0 spiro atoms. The molecule has 0 aromatic heterocycles. The molecule has 1 heterocycles. The molecule has 1 aromatic carbocycles. The molecule has 0 radical (unpaired) electrons. The van der Waals surface area contributed by atoms with Crippen LogP contribution in [0.3, 0.4) is 0 Å². The van der Waals surface area contributed by atoms with Crippen LogP contribution in [0, 0.1) is 6.92 Å². The summed E-state index contributed by atoms with van der Waals surface area (Å²) in [6.07, 6.45) is 3.79. The van der Waals surface area contributed by atoms with Gasteiger partial charge in [0.1, 0.15) is 0 Å². The van der Waals surface area contributed by atoms with Crippen molar-refractivity contribution in [2.45, 2.75) is 45.2 Å². The molecular formula is C13H17N. The molecule has 0 saturated heterocycles. The van der Waals surface area contributed by atoms with Crippen LogP contribution >= 0.6 is 0 Å². The van der Waals surface area contributed by atoms with E-state index in [1.807, 2.05) is 0 Å². The van der Waals surface area contributed by atoms with Gasteiger partial charge in [-0.05, 0) is 55.4 Å². The fourth-order valence-electron chi connectivity index (χ4n) is 3.06. The van der Waals surface area contributed by atoms with Crippen LogP contribution in [0.1, 0.15) is 41.6 Å². The number of hydrogen-bond acceptors (Lipinski definition) is 1. The molecule has 0 bridgehead atoms. The van der Waals surface area contributed by atoms with Crippen LogP contribution < -0.4 is 5.32 Å². The molecule has 1 aromatic rings. The highest BCUT2D eigenvalue weighted by Crippen LogP contribution is 2.38. The van der Waals surface area contributed by atoms with Crippen LogP contribution in [0.4, 0.5) is 0 Å². The number of benzene rings is 1. The number of rotatable bonds is 0. The first-order valence-electron chi connectivity index (χ1n) is 5.63. The number of aryl methyl sites for hydroxylation is 2. The van der Waals surface area contributed by atoms with E-state index < -0.39 is 0 Å². The summed E-state index contributed by atoms with van der Waals surface area (Å²) in [5, 5.41) is 3.70. The van der Waals surface area contributed by atoms with E-state index in [-0.39, 0.29) is 0 Å². The van der Waals surface area contributed by atoms with Gasteiger partial charge in [0, 0.05) is 12.1 Å². The average molecular weight is 187 g/mol. The monoisotopic (exact) mass is 187 g/mol. The number of hydrogen-bond donors (Lipinski definition) is 1. The fourth-order valence-corrected chi connectivity index (χ4v) is 3.06. The van der Waals surface area contributed by atoms with Crippen molar-refractivity contribution in [2.75, 3.05) is 0 Å². The first kappa shape index (κ1) is 8.49. The first-order chi connectivity index (χ1) is 6.75. The summed E-state index contributed by atoms with van der Waals surface area (Å²) in [6, 6.07) is 5.93. The smallest absolute Gasteiger partial charge is 0.0331 e. The highest BCUT2D eigenvalue weighted by atomic mass is 15.0. The zero-order chi connectivity index (χ0) is 9.71. The molecule has 2 unspecified atom stereocenters. The predicted octanol–water partition coefficient (Wildman–Crippen LogP) is 2.52. The lowest BCUT2D eigenvalue weighted by Crippen LogP contribution is -2.36. The third-order valence-corrected chi connectivity index (χ3v) is 3.73.